The van der Waals surface area contributed by atoms with E-state index in [2.05, 4.69) is 32.3 Å². The molecule has 0 saturated carbocycles. The lowest BCUT2D eigenvalue weighted by atomic mass is 10.1. The van der Waals surface area contributed by atoms with Crippen LogP contribution < -0.4 is 10.6 Å². The van der Waals surface area contributed by atoms with E-state index in [0.29, 0.717) is 12.1 Å². The molecule has 0 atom stereocenters. The fourth-order valence-corrected chi connectivity index (χ4v) is 4.41. The van der Waals surface area contributed by atoms with Gasteiger partial charge in [-0.2, -0.15) is 15.5 Å². The molecule has 4 rings (SSSR count). The molecular weight excluding hydrogens is 382 g/mol. The van der Waals surface area contributed by atoms with Crippen LogP contribution in [-0.2, 0) is 6.42 Å². The van der Waals surface area contributed by atoms with E-state index in [1.807, 2.05) is 35.3 Å². The number of nitriles is 1. The maximum Gasteiger partial charge on any atom is 0.152 e. The molecule has 2 N–H and O–H groups in total. The minimum Gasteiger partial charge on any atom is -0.355 e. The van der Waals surface area contributed by atoms with Gasteiger partial charge in [-0.3, -0.25) is 0 Å². The molecule has 0 amide bonds. The van der Waals surface area contributed by atoms with Crippen molar-refractivity contribution < 1.29 is 0 Å². The summed E-state index contributed by atoms with van der Waals surface area (Å²) in [6.45, 7) is 2.63. The van der Waals surface area contributed by atoms with E-state index >= 15 is 0 Å². The maximum absolute atomic E-state index is 9.35. The number of nitrogens with two attached hydrogens (primary N) is 1. The lowest BCUT2D eigenvalue weighted by molar-refractivity contribution is 0.570. The van der Waals surface area contributed by atoms with Crippen LogP contribution in [0.25, 0.3) is 5.69 Å². The smallest absolute Gasteiger partial charge is 0.152 e. The van der Waals surface area contributed by atoms with Crippen LogP contribution in [0.15, 0.2) is 52.6 Å². The van der Waals surface area contributed by atoms with Crippen LogP contribution in [-0.4, -0.2) is 39.6 Å². The van der Waals surface area contributed by atoms with E-state index in [1.165, 1.54) is 19.3 Å². The summed E-state index contributed by atoms with van der Waals surface area (Å²) < 4.78 is 1.84. The molecule has 0 bridgehead atoms. The number of benzene rings is 1. The Kier molecular flexibility index (Phi) is 6.08. The number of piperidine rings is 1. The van der Waals surface area contributed by atoms with E-state index in [9.17, 15) is 5.26 Å². The molecule has 148 valence electrons. The van der Waals surface area contributed by atoms with Gasteiger partial charge in [-0.05, 0) is 62.1 Å². The first-order chi connectivity index (χ1) is 14.3. The summed E-state index contributed by atoms with van der Waals surface area (Å²) in [5.74, 6) is 0.914. The van der Waals surface area contributed by atoms with Crippen molar-refractivity contribution >= 4 is 17.6 Å². The van der Waals surface area contributed by atoms with E-state index in [4.69, 9.17) is 5.73 Å². The van der Waals surface area contributed by atoms with Crippen molar-refractivity contribution in [3.05, 3.63) is 54.0 Å². The van der Waals surface area contributed by atoms with Gasteiger partial charge in [0.1, 0.15) is 0 Å². The molecule has 7 nitrogen and oxygen atoms in total. The highest BCUT2D eigenvalue weighted by molar-refractivity contribution is 7.99. The number of hydrogen-bond acceptors (Lipinski definition) is 7. The molecule has 1 saturated heterocycles. The zero-order chi connectivity index (χ0) is 20.1. The third-order valence-electron chi connectivity index (χ3n) is 4.93. The SMILES string of the molecule is N#Cc1ccc(-n2cc(CCN)cn2)c(Sc2cnnc(N3CCCCC3)c2)c1. The largest absolute Gasteiger partial charge is 0.355 e. The second-order valence-electron chi connectivity index (χ2n) is 7.03. The van der Waals surface area contributed by atoms with Crippen molar-refractivity contribution in [1.29, 1.82) is 5.26 Å². The average Bonchev–Trinajstić information content (AvgIpc) is 3.23. The molecular formula is C21H23N7S. The monoisotopic (exact) mass is 405 g/mol. The first-order valence-corrected chi connectivity index (χ1v) is 10.6. The zero-order valence-corrected chi connectivity index (χ0v) is 17.0. The summed E-state index contributed by atoms with van der Waals surface area (Å²) in [6, 6.07) is 9.94. The fraction of sp³-hybridized carbons (Fsp3) is 0.333. The lowest BCUT2D eigenvalue weighted by Gasteiger charge is -2.27. The van der Waals surface area contributed by atoms with E-state index in [-0.39, 0.29) is 0 Å². The lowest BCUT2D eigenvalue weighted by Crippen LogP contribution is -2.30. The Morgan fingerprint density at radius 2 is 2.00 bits per heavy atom. The molecule has 1 aliphatic rings. The molecule has 29 heavy (non-hydrogen) atoms. The van der Waals surface area contributed by atoms with Gasteiger partial charge in [0.2, 0.25) is 0 Å². The Morgan fingerprint density at radius 3 is 2.79 bits per heavy atom. The molecule has 8 heteroatoms. The Bertz CT molecular complexity index is 1020. The van der Waals surface area contributed by atoms with Crippen molar-refractivity contribution in [1.82, 2.24) is 20.0 Å². The van der Waals surface area contributed by atoms with E-state index in [0.717, 1.165) is 46.4 Å². The van der Waals surface area contributed by atoms with Gasteiger partial charge in [-0.1, -0.05) is 11.8 Å². The molecule has 2 aromatic heterocycles. The van der Waals surface area contributed by atoms with E-state index in [1.54, 1.807) is 18.0 Å². The van der Waals surface area contributed by atoms with Crippen LogP contribution in [0.2, 0.25) is 0 Å². The normalized spacial score (nSPS) is 14.0. The molecule has 0 unspecified atom stereocenters. The van der Waals surface area contributed by atoms with Crippen molar-refractivity contribution in [3.8, 4) is 11.8 Å². The van der Waals surface area contributed by atoms with Crippen LogP contribution >= 0.6 is 11.8 Å². The maximum atomic E-state index is 9.35. The highest BCUT2D eigenvalue weighted by Crippen LogP contribution is 2.34. The fourth-order valence-electron chi connectivity index (χ4n) is 3.44. The molecule has 0 aliphatic carbocycles. The highest BCUT2D eigenvalue weighted by Gasteiger charge is 2.15. The number of hydrogen-bond donors (Lipinski definition) is 1. The van der Waals surface area contributed by atoms with Gasteiger partial charge in [-0.25, -0.2) is 4.68 Å². The summed E-state index contributed by atoms with van der Waals surface area (Å²) in [4.78, 5) is 4.23. The van der Waals surface area contributed by atoms with Gasteiger partial charge in [0.15, 0.2) is 5.82 Å². The molecule has 1 aliphatic heterocycles. The van der Waals surface area contributed by atoms with Gasteiger partial charge in [0.05, 0.1) is 29.7 Å². The Hall–Kier alpha value is -2.89. The first kappa shape index (κ1) is 19.4. The summed E-state index contributed by atoms with van der Waals surface area (Å²) in [6.07, 6.45) is 10.0. The topological polar surface area (TPSA) is 96.6 Å². The summed E-state index contributed by atoms with van der Waals surface area (Å²) in [5.41, 5.74) is 8.29. The molecule has 0 radical (unpaired) electrons. The van der Waals surface area contributed by atoms with E-state index < -0.39 is 0 Å². The van der Waals surface area contributed by atoms with Crippen molar-refractivity contribution in [2.45, 2.75) is 35.5 Å². The van der Waals surface area contributed by atoms with Crippen molar-refractivity contribution in [3.63, 3.8) is 0 Å². The third-order valence-corrected chi connectivity index (χ3v) is 5.94. The summed E-state index contributed by atoms with van der Waals surface area (Å²) in [7, 11) is 0. The van der Waals surface area contributed by atoms with Crippen LogP contribution in [0.4, 0.5) is 5.82 Å². The zero-order valence-electron chi connectivity index (χ0n) is 16.2. The number of aromatic nitrogens is 4. The van der Waals surface area contributed by atoms with Crippen LogP contribution in [0.3, 0.4) is 0 Å². The number of rotatable bonds is 6. The number of anilines is 1. The Morgan fingerprint density at radius 1 is 1.14 bits per heavy atom. The van der Waals surface area contributed by atoms with Gasteiger partial charge >= 0.3 is 0 Å². The third kappa shape index (κ3) is 4.58. The molecule has 3 aromatic rings. The van der Waals surface area contributed by atoms with Crippen LogP contribution in [0.1, 0.15) is 30.4 Å². The molecule has 3 heterocycles. The van der Waals surface area contributed by atoms with Crippen molar-refractivity contribution in [2.75, 3.05) is 24.5 Å². The average molecular weight is 406 g/mol. The van der Waals surface area contributed by atoms with Gasteiger partial charge in [0.25, 0.3) is 0 Å². The Labute approximate surface area is 174 Å². The predicted molar refractivity (Wildman–Crippen MR) is 113 cm³/mol. The van der Waals surface area contributed by atoms with Crippen LogP contribution in [0.5, 0.6) is 0 Å². The minimum atomic E-state index is 0.586. The minimum absolute atomic E-state index is 0.586. The standard InChI is InChI=1S/C21H23N7S/c22-7-6-17-13-25-28(15-17)19-5-4-16(12-23)10-20(19)29-18-11-21(26-24-14-18)27-8-2-1-3-9-27/h4-5,10-11,13-15H,1-3,6-9,22H2. The second-order valence-corrected chi connectivity index (χ2v) is 8.14. The van der Waals surface area contributed by atoms with Gasteiger partial charge < -0.3 is 10.6 Å². The second kappa shape index (κ2) is 9.07. The number of nitrogens with zero attached hydrogens (tertiary/aromatic N) is 6. The highest BCUT2D eigenvalue weighted by atomic mass is 32.2. The summed E-state index contributed by atoms with van der Waals surface area (Å²) in [5, 5.41) is 22.4. The first-order valence-electron chi connectivity index (χ1n) is 9.80. The summed E-state index contributed by atoms with van der Waals surface area (Å²) >= 11 is 1.57. The molecule has 1 fully saturated rings. The Balaban J connectivity index is 1.64. The molecule has 1 aromatic carbocycles. The van der Waals surface area contributed by atoms with Gasteiger partial charge in [0, 0.05) is 29.1 Å². The van der Waals surface area contributed by atoms with Crippen molar-refractivity contribution in [2.24, 2.45) is 5.73 Å². The van der Waals surface area contributed by atoms with Crippen LogP contribution in [0, 0.1) is 11.3 Å². The molecule has 0 spiro atoms. The quantitative estimate of drug-likeness (QED) is 0.673. The van der Waals surface area contributed by atoms with Gasteiger partial charge in [-0.15, -0.1) is 5.10 Å². The predicted octanol–water partition coefficient (Wildman–Crippen LogP) is 3.18.